The third-order valence-electron chi connectivity index (χ3n) is 9.70. The largest absolute Gasteiger partial charge is 0.462 e. The van der Waals surface area contributed by atoms with Crippen LogP contribution in [0.4, 0.5) is 0 Å². The fraction of sp³-hybridized carbons (Fsp3) is 0.860. The van der Waals surface area contributed by atoms with Gasteiger partial charge in [0.05, 0.1) is 32.8 Å². The molecule has 13 nitrogen and oxygen atoms in total. The summed E-state index contributed by atoms with van der Waals surface area (Å²) in [5.41, 5.74) is 0. The lowest BCUT2D eigenvalue weighted by atomic mass is 10.1. The molecule has 3 amide bonds. The average Bonchev–Trinajstić information content (AvgIpc) is 3.50. The van der Waals surface area contributed by atoms with Gasteiger partial charge in [0.25, 0.3) is 11.8 Å². The van der Waals surface area contributed by atoms with Gasteiger partial charge in [-0.05, 0) is 12.8 Å². The zero-order valence-corrected chi connectivity index (χ0v) is 35.1. The van der Waals surface area contributed by atoms with Crippen molar-refractivity contribution in [3.05, 3.63) is 0 Å². The van der Waals surface area contributed by atoms with Crippen LogP contribution in [0.15, 0.2) is 0 Å². The number of unbranched alkanes of at least 4 members (excludes halogenated alkanes) is 20. The van der Waals surface area contributed by atoms with E-state index in [0.29, 0.717) is 17.9 Å². The monoisotopic (exact) mass is 797 g/mol. The summed E-state index contributed by atoms with van der Waals surface area (Å²) >= 11 is 0. The van der Waals surface area contributed by atoms with Crippen LogP contribution in [0, 0.1) is 0 Å². The molecule has 1 saturated heterocycles. The number of nitrogens with zero attached hydrogens (tertiary/aromatic N) is 1. The Balaban J connectivity index is 2.27. The summed E-state index contributed by atoms with van der Waals surface area (Å²) in [5, 5.41) is 3.07. The van der Waals surface area contributed by atoms with Gasteiger partial charge in [-0.1, -0.05) is 142 Å². The summed E-state index contributed by atoms with van der Waals surface area (Å²) in [6.45, 7) is 5.28. The Morgan fingerprint density at radius 2 is 1.00 bits per heavy atom. The van der Waals surface area contributed by atoms with E-state index in [1.54, 1.807) is 0 Å². The molecule has 0 saturated carbocycles. The highest BCUT2D eigenvalue weighted by Gasteiger charge is 2.32. The van der Waals surface area contributed by atoms with E-state index in [0.717, 1.165) is 38.5 Å². The fourth-order valence-electron chi connectivity index (χ4n) is 6.29. The van der Waals surface area contributed by atoms with Crippen molar-refractivity contribution in [2.24, 2.45) is 0 Å². The van der Waals surface area contributed by atoms with Crippen molar-refractivity contribution in [1.82, 2.24) is 10.4 Å². The number of carbonyl (C=O) groups excluding carboxylic acids is 6. The van der Waals surface area contributed by atoms with E-state index in [2.05, 4.69) is 19.2 Å². The van der Waals surface area contributed by atoms with Crippen LogP contribution in [0.2, 0.25) is 0 Å². The van der Waals surface area contributed by atoms with E-state index >= 15 is 0 Å². The predicted molar refractivity (Wildman–Crippen MR) is 214 cm³/mol. The van der Waals surface area contributed by atoms with Crippen LogP contribution in [0.1, 0.15) is 194 Å². The molecule has 1 N–H and O–H groups in total. The molecule has 0 spiro atoms. The normalized spacial score (nSPS) is 13.2. The number of nitrogens with one attached hydrogen (secondary N) is 1. The molecule has 0 aromatic carbocycles. The molecule has 0 aromatic heterocycles. The van der Waals surface area contributed by atoms with Gasteiger partial charge in [-0.2, -0.15) is 0 Å². The summed E-state index contributed by atoms with van der Waals surface area (Å²) < 4.78 is 22.3. The van der Waals surface area contributed by atoms with Gasteiger partial charge in [-0.25, -0.2) is 4.79 Å². The van der Waals surface area contributed by atoms with Crippen LogP contribution in [0.3, 0.4) is 0 Å². The number of amides is 3. The molecular weight excluding hydrogens is 720 g/mol. The number of ether oxygens (including phenoxy) is 4. The molecule has 13 heteroatoms. The second-order valence-electron chi connectivity index (χ2n) is 14.9. The Hall–Kier alpha value is -3.06. The van der Waals surface area contributed by atoms with Crippen molar-refractivity contribution >= 4 is 35.6 Å². The molecule has 1 atom stereocenters. The lowest BCUT2D eigenvalue weighted by molar-refractivity contribution is -0.197. The van der Waals surface area contributed by atoms with Gasteiger partial charge in [0.1, 0.15) is 6.61 Å². The van der Waals surface area contributed by atoms with Crippen LogP contribution in [-0.2, 0) is 52.6 Å². The first-order valence-electron chi connectivity index (χ1n) is 22.1. The molecule has 0 radical (unpaired) electrons. The lowest BCUT2D eigenvalue weighted by Gasteiger charge is -2.18. The van der Waals surface area contributed by atoms with Crippen molar-refractivity contribution in [3.8, 4) is 0 Å². The van der Waals surface area contributed by atoms with Crippen LogP contribution in [0.5, 0.6) is 0 Å². The van der Waals surface area contributed by atoms with Crippen molar-refractivity contribution in [2.75, 3.05) is 39.6 Å². The van der Waals surface area contributed by atoms with Crippen molar-refractivity contribution in [1.29, 1.82) is 0 Å². The maximum atomic E-state index is 12.7. The maximum Gasteiger partial charge on any atom is 0.333 e. The minimum absolute atomic E-state index is 0.000141. The molecule has 0 aromatic rings. The van der Waals surface area contributed by atoms with E-state index in [-0.39, 0.29) is 77.2 Å². The number of carbonyl (C=O) groups is 6. The van der Waals surface area contributed by atoms with E-state index in [9.17, 15) is 28.8 Å². The number of esters is 2. The molecule has 1 heterocycles. The van der Waals surface area contributed by atoms with Crippen molar-refractivity contribution < 1.29 is 52.6 Å². The fourth-order valence-corrected chi connectivity index (χ4v) is 6.29. The van der Waals surface area contributed by atoms with Gasteiger partial charge >= 0.3 is 17.9 Å². The van der Waals surface area contributed by atoms with Crippen LogP contribution >= 0.6 is 0 Å². The highest BCUT2D eigenvalue weighted by Crippen LogP contribution is 2.15. The van der Waals surface area contributed by atoms with Crippen LogP contribution in [0.25, 0.3) is 0 Å². The summed E-state index contributed by atoms with van der Waals surface area (Å²) in [6.07, 6.45) is 25.8. The predicted octanol–water partition coefficient (Wildman–Crippen LogP) is 8.38. The SMILES string of the molecule is CCCCCCCCCCCCCC(=O)OCC(COCCOCCNC(=O)CCC(=O)ON1C(=O)CCC1=O)OC(=O)CCCCCCCCCCCCC. The van der Waals surface area contributed by atoms with E-state index in [1.165, 1.54) is 103 Å². The topological polar surface area (TPSA) is 164 Å². The van der Waals surface area contributed by atoms with E-state index in [1.807, 2.05) is 0 Å². The van der Waals surface area contributed by atoms with Gasteiger partial charge in [-0.3, -0.25) is 24.0 Å². The highest BCUT2D eigenvalue weighted by atomic mass is 16.7. The minimum Gasteiger partial charge on any atom is -0.462 e. The third-order valence-corrected chi connectivity index (χ3v) is 9.70. The Bertz CT molecular complexity index is 1050. The minimum atomic E-state index is -0.839. The van der Waals surface area contributed by atoms with Gasteiger partial charge in [0.2, 0.25) is 5.91 Å². The lowest BCUT2D eigenvalue weighted by Crippen LogP contribution is -2.33. The molecule has 324 valence electrons. The summed E-state index contributed by atoms with van der Waals surface area (Å²) in [6, 6.07) is 0. The van der Waals surface area contributed by atoms with Gasteiger partial charge in [0.15, 0.2) is 6.10 Å². The number of hydrogen-bond acceptors (Lipinski definition) is 11. The molecule has 0 aliphatic carbocycles. The molecule has 0 bridgehead atoms. The quantitative estimate of drug-likeness (QED) is 0.0361. The summed E-state index contributed by atoms with van der Waals surface area (Å²) in [4.78, 5) is 76.8. The summed E-state index contributed by atoms with van der Waals surface area (Å²) in [5.74, 6) is -3.02. The zero-order valence-electron chi connectivity index (χ0n) is 35.1. The van der Waals surface area contributed by atoms with Crippen LogP contribution < -0.4 is 5.32 Å². The number of hydroxylamine groups is 2. The smallest absolute Gasteiger partial charge is 0.333 e. The Labute approximate surface area is 337 Å². The molecular formula is C43H76N2O11. The zero-order chi connectivity index (χ0) is 40.9. The molecule has 56 heavy (non-hydrogen) atoms. The first-order chi connectivity index (χ1) is 27.3. The molecule has 1 aliphatic heterocycles. The first kappa shape index (κ1) is 51.0. The number of rotatable bonds is 39. The number of imide groups is 1. The van der Waals surface area contributed by atoms with E-state index in [4.69, 9.17) is 23.8 Å². The first-order valence-corrected chi connectivity index (χ1v) is 22.1. The molecule has 1 rings (SSSR count). The number of hydrogen-bond donors (Lipinski definition) is 1. The van der Waals surface area contributed by atoms with Crippen LogP contribution in [-0.4, -0.2) is 86.4 Å². The Morgan fingerprint density at radius 3 is 1.52 bits per heavy atom. The Kier molecular flexibility index (Phi) is 33.0. The van der Waals surface area contributed by atoms with Gasteiger partial charge < -0.3 is 29.1 Å². The molecule has 1 unspecified atom stereocenters. The Morgan fingerprint density at radius 1 is 0.536 bits per heavy atom. The van der Waals surface area contributed by atoms with Gasteiger partial charge in [0, 0.05) is 38.6 Å². The molecule has 1 aliphatic rings. The van der Waals surface area contributed by atoms with Crippen molar-refractivity contribution in [2.45, 2.75) is 200 Å². The second-order valence-corrected chi connectivity index (χ2v) is 14.9. The second kappa shape index (κ2) is 36.3. The van der Waals surface area contributed by atoms with Gasteiger partial charge in [-0.15, -0.1) is 5.06 Å². The van der Waals surface area contributed by atoms with Crippen molar-refractivity contribution in [3.63, 3.8) is 0 Å². The molecule has 1 fully saturated rings. The van der Waals surface area contributed by atoms with E-state index < -0.39 is 29.8 Å². The highest BCUT2D eigenvalue weighted by molar-refractivity contribution is 6.01. The average molecular weight is 797 g/mol. The third kappa shape index (κ3) is 30.1. The maximum absolute atomic E-state index is 12.7. The summed E-state index contributed by atoms with van der Waals surface area (Å²) in [7, 11) is 0. The standard InChI is InChI=1S/C43H76N2O11/c1-3-5-7-9-11-13-15-17-19-21-23-25-41(49)54-36-37(55-42(50)26-24-22-20-18-16-14-12-10-8-6-4-2)35-53-34-33-52-32-31-44-38(46)27-30-43(51)56-45-39(47)28-29-40(45)48/h37H,3-36H2,1-2H3,(H,44,46).